The van der Waals surface area contributed by atoms with Gasteiger partial charge in [-0.25, -0.2) is 0 Å². The van der Waals surface area contributed by atoms with Crippen molar-refractivity contribution in [3.63, 3.8) is 0 Å². The molecule has 3 N–H and O–H groups in total. The van der Waals surface area contributed by atoms with E-state index in [0.29, 0.717) is 17.9 Å². The number of H-pyrrole nitrogens is 1. The highest BCUT2D eigenvalue weighted by Gasteiger charge is 2.15. The number of nitrogens with two attached hydrogens (primary N) is 1. The number of amides is 1. The van der Waals surface area contributed by atoms with Crippen LogP contribution in [0.3, 0.4) is 0 Å². The minimum atomic E-state index is -0.106. The third kappa shape index (κ3) is 2.93. The largest absolute Gasteiger partial charge is 0.496 e. The molecule has 1 heterocycles. The van der Waals surface area contributed by atoms with Crippen LogP contribution in [0.1, 0.15) is 21.6 Å². The number of aromatic amines is 1. The lowest BCUT2D eigenvalue weighted by molar-refractivity contribution is 0.0779. The number of nitrogens with zero attached hydrogens (tertiary/aromatic N) is 1. The monoisotopic (exact) mass is 273 g/mol. The van der Waals surface area contributed by atoms with E-state index in [4.69, 9.17) is 10.5 Å². The minimum absolute atomic E-state index is 0.106. The van der Waals surface area contributed by atoms with Crippen molar-refractivity contribution in [2.24, 2.45) is 0 Å². The van der Waals surface area contributed by atoms with Crippen LogP contribution in [0.25, 0.3) is 0 Å². The summed E-state index contributed by atoms with van der Waals surface area (Å²) in [5.74, 6) is 0.673. The van der Waals surface area contributed by atoms with E-state index in [0.717, 1.165) is 16.9 Å². The first-order chi connectivity index (χ1) is 9.51. The van der Waals surface area contributed by atoms with Gasteiger partial charge in [0.15, 0.2) is 0 Å². The maximum atomic E-state index is 12.2. The molecule has 0 aliphatic rings. The number of anilines is 1. The smallest absolute Gasteiger partial charge is 0.270 e. The molecule has 5 nitrogen and oxygen atoms in total. The zero-order chi connectivity index (χ0) is 14.7. The highest BCUT2D eigenvalue weighted by Crippen LogP contribution is 2.21. The lowest BCUT2D eigenvalue weighted by Crippen LogP contribution is -2.26. The fraction of sp³-hybridized carbons (Fsp3) is 0.267. The Morgan fingerprint density at radius 3 is 2.75 bits per heavy atom. The summed E-state index contributed by atoms with van der Waals surface area (Å²) in [6.07, 6.45) is 1.61. The zero-order valence-corrected chi connectivity index (χ0v) is 11.9. The first-order valence-corrected chi connectivity index (χ1v) is 6.34. The molecule has 20 heavy (non-hydrogen) atoms. The molecular formula is C15H19N3O2. The lowest BCUT2D eigenvalue weighted by Gasteiger charge is -2.18. The molecule has 0 saturated heterocycles. The fourth-order valence-electron chi connectivity index (χ4n) is 2.10. The first kappa shape index (κ1) is 14.0. The van der Waals surface area contributed by atoms with Gasteiger partial charge in [0.2, 0.25) is 0 Å². The molecule has 0 unspecified atom stereocenters. The molecule has 2 rings (SSSR count). The number of aromatic nitrogens is 1. The van der Waals surface area contributed by atoms with E-state index in [-0.39, 0.29) is 5.91 Å². The molecule has 0 spiro atoms. The van der Waals surface area contributed by atoms with Crippen molar-refractivity contribution in [3.05, 3.63) is 47.3 Å². The number of hydrogen-bond acceptors (Lipinski definition) is 3. The first-order valence-electron chi connectivity index (χ1n) is 6.34. The molecule has 5 heteroatoms. The topological polar surface area (TPSA) is 71.3 Å². The molecule has 0 atom stereocenters. The van der Waals surface area contributed by atoms with Crippen molar-refractivity contribution in [1.29, 1.82) is 0 Å². The second-order valence-electron chi connectivity index (χ2n) is 4.82. The quantitative estimate of drug-likeness (QED) is 0.897. The van der Waals surface area contributed by atoms with Crippen molar-refractivity contribution in [2.75, 3.05) is 19.9 Å². The van der Waals surface area contributed by atoms with E-state index >= 15 is 0 Å². The van der Waals surface area contributed by atoms with Gasteiger partial charge in [-0.3, -0.25) is 4.79 Å². The molecule has 106 valence electrons. The lowest BCUT2D eigenvalue weighted by atomic mass is 10.1. The van der Waals surface area contributed by atoms with Crippen molar-refractivity contribution in [1.82, 2.24) is 9.88 Å². The van der Waals surface area contributed by atoms with Crippen molar-refractivity contribution >= 4 is 11.6 Å². The third-order valence-corrected chi connectivity index (χ3v) is 3.13. The molecule has 1 aromatic carbocycles. The van der Waals surface area contributed by atoms with Gasteiger partial charge < -0.3 is 20.4 Å². The van der Waals surface area contributed by atoms with Gasteiger partial charge in [0, 0.05) is 31.0 Å². The molecule has 0 saturated carbocycles. The van der Waals surface area contributed by atoms with Crippen LogP contribution in [0, 0.1) is 6.92 Å². The van der Waals surface area contributed by atoms with E-state index in [9.17, 15) is 4.79 Å². The van der Waals surface area contributed by atoms with E-state index in [2.05, 4.69) is 4.98 Å². The Morgan fingerprint density at radius 1 is 1.40 bits per heavy atom. The summed E-state index contributed by atoms with van der Waals surface area (Å²) in [5, 5.41) is 0. The van der Waals surface area contributed by atoms with Gasteiger partial charge in [-0.2, -0.15) is 0 Å². The summed E-state index contributed by atoms with van der Waals surface area (Å²) in [5.41, 5.74) is 8.75. The number of rotatable bonds is 4. The Balaban J connectivity index is 2.17. The Bertz CT molecular complexity index is 619. The number of nitrogen functional groups attached to an aromatic ring is 1. The highest BCUT2D eigenvalue weighted by molar-refractivity contribution is 5.93. The van der Waals surface area contributed by atoms with Crippen LogP contribution >= 0.6 is 0 Å². The molecule has 0 aliphatic heterocycles. The van der Waals surface area contributed by atoms with Crippen LogP contribution in [0.15, 0.2) is 30.5 Å². The number of benzene rings is 1. The highest BCUT2D eigenvalue weighted by atomic mass is 16.5. The molecule has 2 aromatic rings. The van der Waals surface area contributed by atoms with E-state index < -0.39 is 0 Å². The standard InChI is InChI=1S/C15H19N3O2/c1-10-4-5-14(20-3)11(6-10)9-18(2)15(19)13-7-12(16)8-17-13/h4-8,17H,9,16H2,1-3H3. The molecule has 0 radical (unpaired) electrons. The summed E-state index contributed by atoms with van der Waals surface area (Å²) in [6, 6.07) is 7.55. The third-order valence-electron chi connectivity index (χ3n) is 3.13. The normalized spacial score (nSPS) is 10.3. The Hall–Kier alpha value is -2.43. The van der Waals surface area contributed by atoms with Gasteiger partial charge in [0.1, 0.15) is 11.4 Å². The van der Waals surface area contributed by atoms with Crippen LogP contribution < -0.4 is 10.5 Å². The summed E-state index contributed by atoms with van der Waals surface area (Å²) in [4.78, 5) is 16.7. The summed E-state index contributed by atoms with van der Waals surface area (Å²) in [7, 11) is 3.38. The van der Waals surface area contributed by atoms with E-state index in [1.807, 2.05) is 25.1 Å². The predicted octanol–water partition coefficient (Wildman–Crippen LogP) is 2.19. The fourth-order valence-corrected chi connectivity index (χ4v) is 2.10. The number of ether oxygens (including phenoxy) is 1. The van der Waals surface area contributed by atoms with Crippen molar-refractivity contribution in [2.45, 2.75) is 13.5 Å². The van der Waals surface area contributed by atoms with Gasteiger partial charge in [-0.05, 0) is 19.1 Å². The van der Waals surface area contributed by atoms with Crippen LogP contribution in [0.4, 0.5) is 5.69 Å². The number of nitrogens with one attached hydrogen (secondary N) is 1. The maximum Gasteiger partial charge on any atom is 0.270 e. The zero-order valence-electron chi connectivity index (χ0n) is 11.9. The summed E-state index contributed by atoms with van der Waals surface area (Å²) in [6.45, 7) is 2.49. The van der Waals surface area contributed by atoms with Crippen molar-refractivity contribution in [3.8, 4) is 5.75 Å². The summed E-state index contributed by atoms with van der Waals surface area (Å²) >= 11 is 0. The Kier molecular flexibility index (Phi) is 3.98. The Labute approximate surface area is 118 Å². The molecule has 1 aromatic heterocycles. The van der Waals surface area contributed by atoms with E-state index in [1.165, 1.54) is 0 Å². The second-order valence-corrected chi connectivity index (χ2v) is 4.82. The average Bonchev–Trinajstić information content (AvgIpc) is 2.84. The number of methoxy groups -OCH3 is 1. The van der Waals surface area contributed by atoms with Crippen LogP contribution in [-0.2, 0) is 6.54 Å². The SMILES string of the molecule is COc1ccc(C)cc1CN(C)C(=O)c1cc(N)c[nH]1. The van der Waals surface area contributed by atoms with Gasteiger partial charge >= 0.3 is 0 Å². The minimum Gasteiger partial charge on any atom is -0.496 e. The van der Waals surface area contributed by atoms with Crippen molar-refractivity contribution < 1.29 is 9.53 Å². The van der Waals surface area contributed by atoms with Crippen LogP contribution in [0.5, 0.6) is 5.75 Å². The molecular weight excluding hydrogens is 254 g/mol. The number of carbonyl (C=O) groups is 1. The van der Waals surface area contributed by atoms with E-state index in [1.54, 1.807) is 31.3 Å². The molecule has 0 bridgehead atoms. The predicted molar refractivity (Wildman–Crippen MR) is 78.7 cm³/mol. The maximum absolute atomic E-state index is 12.2. The summed E-state index contributed by atoms with van der Waals surface area (Å²) < 4.78 is 5.32. The van der Waals surface area contributed by atoms with Gasteiger partial charge in [0.25, 0.3) is 5.91 Å². The molecule has 0 fully saturated rings. The Morgan fingerprint density at radius 2 is 2.15 bits per heavy atom. The molecule has 0 aliphatic carbocycles. The van der Waals surface area contributed by atoms with Gasteiger partial charge in [0.05, 0.1) is 7.11 Å². The molecule has 1 amide bonds. The second kappa shape index (κ2) is 5.69. The average molecular weight is 273 g/mol. The number of hydrogen-bond donors (Lipinski definition) is 2. The van der Waals surface area contributed by atoms with Gasteiger partial charge in [-0.15, -0.1) is 0 Å². The van der Waals surface area contributed by atoms with Crippen LogP contribution in [0.2, 0.25) is 0 Å². The van der Waals surface area contributed by atoms with Crippen LogP contribution in [-0.4, -0.2) is 29.9 Å². The number of aryl methyl sites for hydroxylation is 1. The van der Waals surface area contributed by atoms with Gasteiger partial charge in [-0.1, -0.05) is 17.7 Å². The number of carbonyl (C=O) groups excluding carboxylic acids is 1.